The molecule has 2 N–H and O–H groups in total. The molecule has 7 heteroatoms. The normalized spacial score (nSPS) is 18.4. The Hall–Kier alpha value is -0.560. The van der Waals surface area contributed by atoms with Crippen molar-refractivity contribution in [3.05, 3.63) is 48.5 Å². The SMILES string of the molecule is NC1=NCC(c2cc(Br)c(Cl)s2)N1c1ccc(Br)cc1. The monoisotopic (exact) mass is 433 g/mol. The summed E-state index contributed by atoms with van der Waals surface area (Å²) in [4.78, 5) is 7.56. The molecule has 1 aliphatic heterocycles. The van der Waals surface area contributed by atoms with Crippen molar-refractivity contribution in [2.45, 2.75) is 6.04 Å². The summed E-state index contributed by atoms with van der Waals surface area (Å²) in [6.45, 7) is 0.644. The minimum Gasteiger partial charge on any atom is -0.369 e. The molecule has 1 aliphatic rings. The van der Waals surface area contributed by atoms with Crippen molar-refractivity contribution in [1.82, 2.24) is 0 Å². The number of thiophene rings is 1. The molecule has 104 valence electrons. The topological polar surface area (TPSA) is 41.6 Å². The second kappa shape index (κ2) is 5.67. The van der Waals surface area contributed by atoms with Gasteiger partial charge >= 0.3 is 0 Å². The molecule has 3 rings (SSSR count). The number of rotatable bonds is 2. The highest BCUT2D eigenvalue weighted by Gasteiger charge is 2.30. The molecule has 0 aliphatic carbocycles. The van der Waals surface area contributed by atoms with Gasteiger partial charge in [0.15, 0.2) is 5.96 Å². The highest BCUT2D eigenvalue weighted by molar-refractivity contribution is 9.10. The third-order valence-electron chi connectivity index (χ3n) is 3.08. The van der Waals surface area contributed by atoms with Crippen LogP contribution in [0.15, 0.2) is 44.3 Å². The van der Waals surface area contributed by atoms with E-state index in [2.05, 4.69) is 36.9 Å². The Labute approximate surface area is 142 Å². The molecule has 0 saturated heterocycles. The molecule has 3 nitrogen and oxygen atoms in total. The molecule has 1 aromatic heterocycles. The van der Waals surface area contributed by atoms with Gasteiger partial charge in [-0.15, -0.1) is 11.3 Å². The largest absolute Gasteiger partial charge is 0.369 e. The maximum atomic E-state index is 6.14. The van der Waals surface area contributed by atoms with E-state index in [1.807, 2.05) is 35.2 Å². The van der Waals surface area contributed by atoms with Crippen LogP contribution >= 0.6 is 54.8 Å². The van der Waals surface area contributed by atoms with Crippen molar-refractivity contribution in [1.29, 1.82) is 0 Å². The van der Waals surface area contributed by atoms with Crippen molar-refractivity contribution in [3.8, 4) is 0 Å². The standard InChI is InChI=1S/C13H10Br2ClN3S/c14-7-1-3-8(4-2-7)19-10(6-18-13(19)17)11-5-9(15)12(16)20-11/h1-5,10H,6H2,(H2,17,18). The average molecular weight is 436 g/mol. The van der Waals surface area contributed by atoms with Gasteiger partial charge in [0.05, 0.1) is 12.6 Å². The lowest BCUT2D eigenvalue weighted by atomic mass is 10.2. The first-order chi connectivity index (χ1) is 9.56. The Balaban J connectivity index is 1.98. The molecule has 0 saturated carbocycles. The lowest BCUT2D eigenvalue weighted by molar-refractivity contribution is 0.784. The number of nitrogens with zero attached hydrogens (tertiary/aromatic N) is 2. The number of hydrogen-bond acceptors (Lipinski definition) is 4. The van der Waals surface area contributed by atoms with Gasteiger partial charge in [-0.1, -0.05) is 27.5 Å². The summed E-state index contributed by atoms with van der Waals surface area (Å²) in [6.07, 6.45) is 0. The van der Waals surface area contributed by atoms with Crippen LogP contribution in [0, 0.1) is 0 Å². The van der Waals surface area contributed by atoms with Crippen molar-refractivity contribution in [2.75, 3.05) is 11.4 Å². The first-order valence-electron chi connectivity index (χ1n) is 5.85. The van der Waals surface area contributed by atoms with E-state index in [0.29, 0.717) is 12.5 Å². The maximum absolute atomic E-state index is 6.14. The lowest BCUT2D eigenvalue weighted by Gasteiger charge is -2.25. The van der Waals surface area contributed by atoms with E-state index in [9.17, 15) is 0 Å². The molecule has 1 atom stereocenters. The summed E-state index contributed by atoms with van der Waals surface area (Å²) >= 11 is 14.6. The number of hydrogen-bond donors (Lipinski definition) is 1. The predicted molar refractivity (Wildman–Crippen MR) is 92.9 cm³/mol. The number of nitrogens with two attached hydrogens (primary N) is 1. The zero-order chi connectivity index (χ0) is 14.3. The molecule has 1 unspecified atom stereocenters. The van der Waals surface area contributed by atoms with Crippen molar-refractivity contribution >= 4 is 66.4 Å². The van der Waals surface area contributed by atoms with Gasteiger partial charge in [-0.25, -0.2) is 0 Å². The van der Waals surface area contributed by atoms with Crippen molar-refractivity contribution < 1.29 is 0 Å². The molecule has 2 aromatic rings. The molecule has 1 aromatic carbocycles. The van der Waals surface area contributed by atoms with E-state index >= 15 is 0 Å². The van der Waals surface area contributed by atoms with Gasteiger partial charge in [0.2, 0.25) is 0 Å². The Morgan fingerprint density at radius 1 is 1.30 bits per heavy atom. The van der Waals surface area contributed by atoms with Crippen molar-refractivity contribution in [2.24, 2.45) is 10.7 Å². The molecule has 0 spiro atoms. The summed E-state index contributed by atoms with van der Waals surface area (Å²) in [6, 6.07) is 10.2. The van der Waals surface area contributed by atoms with E-state index in [1.165, 1.54) is 0 Å². The van der Waals surface area contributed by atoms with Gasteiger partial charge in [-0.2, -0.15) is 0 Å². The molecule has 20 heavy (non-hydrogen) atoms. The fourth-order valence-corrected chi connectivity index (χ4v) is 4.24. The Morgan fingerprint density at radius 2 is 2.00 bits per heavy atom. The molecule has 0 amide bonds. The van der Waals surface area contributed by atoms with Crippen LogP contribution in [0.2, 0.25) is 4.34 Å². The van der Waals surface area contributed by atoms with Gasteiger partial charge in [-0.3, -0.25) is 4.99 Å². The summed E-state index contributed by atoms with van der Waals surface area (Å²) in [5, 5.41) is 0. The van der Waals surface area contributed by atoms with Crippen LogP contribution < -0.4 is 10.6 Å². The molecular weight excluding hydrogens is 425 g/mol. The molecule has 0 radical (unpaired) electrons. The summed E-state index contributed by atoms with van der Waals surface area (Å²) in [5.74, 6) is 0.540. The Bertz CT molecular complexity index is 649. The number of guanidine groups is 1. The second-order valence-electron chi connectivity index (χ2n) is 4.33. The predicted octanol–water partition coefficient (Wildman–Crippen LogP) is 4.80. The summed E-state index contributed by atoms with van der Waals surface area (Å²) in [7, 11) is 0. The van der Waals surface area contributed by atoms with Crippen LogP contribution in [0.5, 0.6) is 0 Å². The maximum Gasteiger partial charge on any atom is 0.196 e. The van der Waals surface area contributed by atoms with E-state index in [1.54, 1.807) is 11.3 Å². The average Bonchev–Trinajstić information content (AvgIpc) is 2.95. The number of aliphatic imine (C=N–C) groups is 1. The van der Waals surface area contributed by atoms with Crippen LogP contribution in [0.4, 0.5) is 5.69 Å². The van der Waals surface area contributed by atoms with Crippen LogP contribution in [0.3, 0.4) is 0 Å². The lowest BCUT2D eigenvalue weighted by Crippen LogP contribution is -2.35. The van der Waals surface area contributed by atoms with Gasteiger partial charge in [0.25, 0.3) is 0 Å². The molecule has 0 fully saturated rings. The zero-order valence-electron chi connectivity index (χ0n) is 10.2. The summed E-state index contributed by atoms with van der Waals surface area (Å²) in [5.41, 5.74) is 7.07. The van der Waals surface area contributed by atoms with Crippen LogP contribution in [0.25, 0.3) is 0 Å². The fraction of sp³-hybridized carbons (Fsp3) is 0.154. The molecule has 0 bridgehead atoms. The van der Waals surface area contributed by atoms with E-state index < -0.39 is 0 Å². The minimum atomic E-state index is 0.102. The van der Waals surface area contributed by atoms with Crippen LogP contribution in [0.1, 0.15) is 10.9 Å². The highest BCUT2D eigenvalue weighted by Crippen LogP contribution is 2.40. The smallest absolute Gasteiger partial charge is 0.196 e. The number of benzene rings is 1. The third kappa shape index (κ3) is 2.62. The minimum absolute atomic E-state index is 0.102. The van der Waals surface area contributed by atoms with E-state index in [0.717, 1.165) is 23.8 Å². The Morgan fingerprint density at radius 3 is 2.60 bits per heavy atom. The molecule has 2 heterocycles. The molecular formula is C13H10Br2ClN3S. The first-order valence-corrected chi connectivity index (χ1v) is 8.64. The Kier molecular flexibility index (Phi) is 4.08. The van der Waals surface area contributed by atoms with Crippen LogP contribution in [-0.2, 0) is 0 Å². The second-order valence-corrected chi connectivity index (χ2v) is 7.79. The number of halogens is 3. The number of anilines is 1. The van der Waals surface area contributed by atoms with Gasteiger partial charge in [0.1, 0.15) is 4.34 Å². The summed E-state index contributed by atoms with van der Waals surface area (Å²) < 4.78 is 2.70. The van der Waals surface area contributed by atoms with Gasteiger partial charge in [0, 0.05) is 19.5 Å². The fourth-order valence-electron chi connectivity index (χ4n) is 2.16. The van der Waals surface area contributed by atoms with Crippen molar-refractivity contribution in [3.63, 3.8) is 0 Å². The highest BCUT2D eigenvalue weighted by atomic mass is 79.9. The zero-order valence-corrected chi connectivity index (χ0v) is 14.9. The van der Waals surface area contributed by atoms with Crippen LogP contribution in [-0.4, -0.2) is 12.5 Å². The van der Waals surface area contributed by atoms with E-state index in [-0.39, 0.29) is 6.04 Å². The van der Waals surface area contributed by atoms with E-state index in [4.69, 9.17) is 17.3 Å². The van der Waals surface area contributed by atoms with Gasteiger partial charge in [-0.05, 0) is 46.3 Å². The first kappa shape index (κ1) is 14.4. The van der Waals surface area contributed by atoms with Gasteiger partial charge < -0.3 is 10.6 Å². The third-order valence-corrected chi connectivity index (χ3v) is 6.19. The quantitative estimate of drug-likeness (QED) is 0.736.